The molecule has 0 aliphatic rings. The van der Waals surface area contributed by atoms with Gasteiger partial charge in [-0.05, 0) is 36.6 Å². The lowest BCUT2D eigenvalue weighted by Gasteiger charge is -2.09. The first-order valence-electron chi connectivity index (χ1n) is 7.19. The van der Waals surface area contributed by atoms with Gasteiger partial charge in [0.25, 0.3) is 5.91 Å². The van der Waals surface area contributed by atoms with Crippen molar-refractivity contribution in [1.82, 2.24) is 5.32 Å². The van der Waals surface area contributed by atoms with Crippen LogP contribution in [0.5, 0.6) is 0 Å². The molecule has 0 spiro atoms. The summed E-state index contributed by atoms with van der Waals surface area (Å²) in [7, 11) is 0. The standard InChI is InChI=1S/C17H24N2O2/c1-13(2)12-21-8-7-19-17(20)16-10-14(3)9-15(11-16)5-4-6-18/h9-11,13H,6-8,12,18H2,1-3H3,(H,19,20). The Balaban J connectivity index is 2.55. The van der Waals surface area contributed by atoms with Crippen molar-refractivity contribution in [1.29, 1.82) is 0 Å². The van der Waals surface area contributed by atoms with Crippen LogP contribution in [-0.2, 0) is 4.74 Å². The highest BCUT2D eigenvalue weighted by atomic mass is 16.5. The molecule has 0 aromatic heterocycles. The van der Waals surface area contributed by atoms with E-state index < -0.39 is 0 Å². The topological polar surface area (TPSA) is 64.4 Å². The predicted molar refractivity (Wildman–Crippen MR) is 85.1 cm³/mol. The van der Waals surface area contributed by atoms with Crippen molar-refractivity contribution in [2.75, 3.05) is 26.3 Å². The summed E-state index contributed by atoms with van der Waals surface area (Å²) in [5, 5.41) is 2.85. The van der Waals surface area contributed by atoms with Gasteiger partial charge in [0.15, 0.2) is 0 Å². The van der Waals surface area contributed by atoms with Crippen LogP contribution < -0.4 is 11.1 Å². The second kappa shape index (κ2) is 9.17. The Morgan fingerprint density at radius 2 is 2.14 bits per heavy atom. The lowest BCUT2D eigenvalue weighted by atomic mass is 10.1. The van der Waals surface area contributed by atoms with E-state index in [9.17, 15) is 4.79 Å². The van der Waals surface area contributed by atoms with Gasteiger partial charge in [0.05, 0.1) is 13.2 Å². The Morgan fingerprint density at radius 3 is 2.81 bits per heavy atom. The molecule has 3 N–H and O–H groups in total. The third-order valence-electron chi connectivity index (χ3n) is 2.66. The highest BCUT2D eigenvalue weighted by molar-refractivity contribution is 5.94. The normalized spacial score (nSPS) is 10.1. The number of rotatable bonds is 6. The van der Waals surface area contributed by atoms with Crippen molar-refractivity contribution in [2.24, 2.45) is 11.7 Å². The molecule has 0 atom stereocenters. The van der Waals surface area contributed by atoms with Crippen molar-refractivity contribution in [3.63, 3.8) is 0 Å². The number of hydrogen-bond donors (Lipinski definition) is 2. The summed E-state index contributed by atoms with van der Waals surface area (Å²) < 4.78 is 5.43. The highest BCUT2D eigenvalue weighted by Crippen LogP contribution is 2.09. The number of ether oxygens (including phenoxy) is 1. The average molecular weight is 288 g/mol. The van der Waals surface area contributed by atoms with E-state index in [1.54, 1.807) is 6.07 Å². The summed E-state index contributed by atoms with van der Waals surface area (Å²) in [5.74, 6) is 6.14. The van der Waals surface area contributed by atoms with Crippen molar-refractivity contribution >= 4 is 5.91 Å². The molecule has 0 aliphatic heterocycles. The van der Waals surface area contributed by atoms with Crippen LogP contribution >= 0.6 is 0 Å². The van der Waals surface area contributed by atoms with Crippen LogP contribution in [0.3, 0.4) is 0 Å². The fourth-order valence-electron chi connectivity index (χ4n) is 1.80. The fraction of sp³-hybridized carbons (Fsp3) is 0.471. The van der Waals surface area contributed by atoms with E-state index in [0.29, 0.717) is 37.8 Å². The van der Waals surface area contributed by atoms with Crippen molar-refractivity contribution < 1.29 is 9.53 Å². The second-order valence-corrected chi connectivity index (χ2v) is 5.32. The van der Waals surface area contributed by atoms with Crippen LogP contribution in [0.4, 0.5) is 0 Å². The zero-order valence-corrected chi connectivity index (χ0v) is 13.0. The summed E-state index contributed by atoms with van der Waals surface area (Å²) >= 11 is 0. The first kappa shape index (κ1) is 17.2. The van der Waals surface area contributed by atoms with Crippen LogP contribution in [0.2, 0.25) is 0 Å². The number of nitrogens with two attached hydrogens (primary N) is 1. The molecule has 4 heteroatoms. The molecule has 1 amide bonds. The molecule has 0 bridgehead atoms. The van der Waals surface area contributed by atoms with Gasteiger partial charge in [-0.1, -0.05) is 25.7 Å². The molecule has 1 rings (SSSR count). The van der Waals surface area contributed by atoms with Crippen molar-refractivity contribution in [3.05, 3.63) is 34.9 Å². The molecule has 0 aliphatic carbocycles. The van der Waals surface area contributed by atoms with Gasteiger partial charge >= 0.3 is 0 Å². The minimum absolute atomic E-state index is 0.109. The van der Waals surface area contributed by atoms with E-state index in [1.807, 2.05) is 19.1 Å². The van der Waals surface area contributed by atoms with E-state index >= 15 is 0 Å². The van der Waals surface area contributed by atoms with Crippen LogP contribution in [0.15, 0.2) is 18.2 Å². The van der Waals surface area contributed by atoms with E-state index in [-0.39, 0.29) is 5.91 Å². The van der Waals surface area contributed by atoms with Crippen molar-refractivity contribution in [2.45, 2.75) is 20.8 Å². The predicted octanol–water partition coefficient (Wildman–Crippen LogP) is 1.71. The smallest absolute Gasteiger partial charge is 0.251 e. The van der Waals surface area contributed by atoms with Crippen LogP contribution in [0, 0.1) is 24.7 Å². The van der Waals surface area contributed by atoms with Gasteiger partial charge < -0.3 is 15.8 Å². The molecule has 0 heterocycles. The summed E-state index contributed by atoms with van der Waals surface area (Å²) in [4.78, 5) is 12.1. The molecule has 0 fully saturated rings. The van der Waals surface area contributed by atoms with Crippen LogP contribution in [0.1, 0.15) is 35.3 Å². The van der Waals surface area contributed by atoms with E-state index in [1.165, 1.54) is 0 Å². The molecular formula is C17H24N2O2. The number of carbonyl (C=O) groups excluding carboxylic acids is 1. The molecule has 0 unspecified atom stereocenters. The van der Waals surface area contributed by atoms with Gasteiger partial charge in [0.2, 0.25) is 0 Å². The quantitative estimate of drug-likeness (QED) is 0.618. The Labute approximate surface area is 127 Å². The first-order chi connectivity index (χ1) is 10.0. The first-order valence-corrected chi connectivity index (χ1v) is 7.19. The van der Waals surface area contributed by atoms with Gasteiger partial charge in [0.1, 0.15) is 0 Å². The lowest BCUT2D eigenvalue weighted by Crippen LogP contribution is -2.27. The van der Waals surface area contributed by atoms with Gasteiger partial charge in [-0.25, -0.2) is 0 Å². The third-order valence-corrected chi connectivity index (χ3v) is 2.66. The number of nitrogens with one attached hydrogen (secondary N) is 1. The zero-order chi connectivity index (χ0) is 15.7. The molecule has 1 aromatic rings. The second-order valence-electron chi connectivity index (χ2n) is 5.32. The van der Waals surface area contributed by atoms with Gasteiger partial charge in [-0.2, -0.15) is 0 Å². The average Bonchev–Trinajstić information content (AvgIpc) is 2.43. The van der Waals surface area contributed by atoms with Gasteiger partial charge in [0, 0.05) is 24.3 Å². The SMILES string of the molecule is Cc1cc(C#CCN)cc(C(=O)NCCOCC(C)C)c1. The summed E-state index contributed by atoms with van der Waals surface area (Å²) in [6.45, 7) is 8.17. The van der Waals surface area contributed by atoms with E-state index in [0.717, 1.165) is 11.1 Å². The summed E-state index contributed by atoms with van der Waals surface area (Å²) in [5.41, 5.74) is 7.78. The third kappa shape index (κ3) is 6.94. The number of carbonyl (C=O) groups is 1. The molecule has 1 aromatic carbocycles. The van der Waals surface area contributed by atoms with Crippen molar-refractivity contribution in [3.8, 4) is 11.8 Å². The maximum absolute atomic E-state index is 12.1. The van der Waals surface area contributed by atoms with Crippen LogP contribution in [0.25, 0.3) is 0 Å². The number of hydrogen-bond acceptors (Lipinski definition) is 3. The van der Waals surface area contributed by atoms with Gasteiger partial charge in [-0.15, -0.1) is 0 Å². The maximum atomic E-state index is 12.1. The molecule has 0 saturated carbocycles. The Bertz CT molecular complexity index is 527. The Morgan fingerprint density at radius 1 is 1.38 bits per heavy atom. The lowest BCUT2D eigenvalue weighted by molar-refractivity contribution is 0.0886. The van der Waals surface area contributed by atoms with E-state index in [4.69, 9.17) is 10.5 Å². The molecule has 21 heavy (non-hydrogen) atoms. The highest BCUT2D eigenvalue weighted by Gasteiger charge is 2.06. The minimum Gasteiger partial charge on any atom is -0.379 e. The van der Waals surface area contributed by atoms with Gasteiger partial charge in [-0.3, -0.25) is 4.79 Å². The molecular weight excluding hydrogens is 264 g/mol. The molecule has 0 radical (unpaired) electrons. The fourth-order valence-corrected chi connectivity index (χ4v) is 1.80. The largest absolute Gasteiger partial charge is 0.379 e. The molecule has 0 saturated heterocycles. The van der Waals surface area contributed by atoms with Crippen LogP contribution in [-0.4, -0.2) is 32.2 Å². The Kier molecular flexibility index (Phi) is 7.52. The summed E-state index contributed by atoms with van der Waals surface area (Å²) in [6, 6.07) is 5.56. The number of aryl methyl sites for hydroxylation is 1. The molecule has 114 valence electrons. The molecule has 4 nitrogen and oxygen atoms in total. The van der Waals surface area contributed by atoms with E-state index in [2.05, 4.69) is 31.0 Å². The number of amides is 1. The summed E-state index contributed by atoms with van der Waals surface area (Å²) in [6.07, 6.45) is 0. The minimum atomic E-state index is -0.109. The monoisotopic (exact) mass is 288 g/mol. The Hall–Kier alpha value is -1.83. The number of benzene rings is 1. The maximum Gasteiger partial charge on any atom is 0.251 e. The zero-order valence-electron chi connectivity index (χ0n) is 13.0.